The van der Waals surface area contributed by atoms with E-state index in [0.29, 0.717) is 5.75 Å². The summed E-state index contributed by atoms with van der Waals surface area (Å²) in [7, 11) is 0. The highest BCUT2D eigenvalue weighted by Gasteiger charge is 2.04. The molecule has 0 aliphatic carbocycles. The minimum absolute atomic E-state index is 0.368. The average molecular weight is 271 g/mol. The molecule has 0 aliphatic rings. The lowest BCUT2D eigenvalue weighted by molar-refractivity contribution is 0.467. The fourth-order valence-corrected chi connectivity index (χ4v) is 2.31. The quantitative estimate of drug-likeness (QED) is 0.777. The largest absolute Gasteiger partial charge is 0.506 e. The maximum Gasteiger partial charge on any atom is 0.132 e. The number of hydrogen-bond acceptors (Lipinski definition) is 1. The first-order valence-electron chi connectivity index (χ1n) is 5.63. The van der Waals surface area contributed by atoms with Crippen LogP contribution in [0.15, 0.2) is 16.6 Å². The van der Waals surface area contributed by atoms with Gasteiger partial charge in [-0.2, -0.15) is 0 Å². The Kier molecular flexibility index (Phi) is 5.16. The Labute approximate surface area is 101 Å². The van der Waals surface area contributed by atoms with Crippen molar-refractivity contribution in [2.24, 2.45) is 0 Å². The maximum absolute atomic E-state index is 9.59. The van der Waals surface area contributed by atoms with E-state index in [0.717, 1.165) is 16.5 Å². The zero-order valence-corrected chi connectivity index (χ0v) is 11.1. The van der Waals surface area contributed by atoms with Crippen molar-refractivity contribution in [2.75, 3.05) is 0 Å². The van der Waals surface area contributed by atoms with Crippen LogP contribution >= 0.6 is 15.9 Å². The van der Waals surface area contributed by atoms with Gasteiger partial charge in [0.1, 0.15) is 5.75 Å². The number of halogens is 1. The van der Waals surface area contributed by atoms with Crippen molar-refractivity contribution in [3.05, 3.63) is 27.7 Å². The molecule has 0 aliphatic heterocycles. The summed E-state index contributed by atoms with van der Waals surface area (Å²) in [4.78, 5) is 0. The van der Waals surface area contributed by atoms with E-state index in [9.17, 15) is 5.11 Å². The van der Waals surface area contributed by atoms with Crippen molar-refractivity contribution < 1.29 is 5.11 Å². The van der Waals surface area contributed by atoms with Gasteiger partial charge in [0, 0.05) is 0 Å². The van der Waals surface area contributed by atoms with Crippen molar-refractivity contribution in [2.45, 2.75) is 46.0 Å². The first-order chi connectivity index (χ1) is 7.15. The van der Waals surface area contributed by atoms with E-state index in [2.05, 4.69) is 28.9 Å². The molecule has 15 heavy (non-hydrogen) atoms. The molecule has 1 aromatic rings. The topological polar surface area (TPSA) is 20.2 Å². The number of benzene rings is 1. The molecule has 0 fully saturated rings. The normalized spacial score (nSPS) is 10.6. The summed E-state index contributed by atoms with van der Waals surface area (Å²) in [5.41, 5.74) is 2.27. The SMILES string of the molecule is CCCCCCc1cc(C)c(O)c(Br)c1. The minimum atomic E-state index is 0.368. The van der Waals surface area contributed by atoms with Crippen molar-refractivity contribution in [1.82, 2.24) is 0 Å². The summed E-state index contributed by atoms with van der Waals surface area (Å²) < 4.78 is 0.813. The highest BCUT2D eigenvalue weighted by Crippen LogP contribution is 2.29. The molecule has 0 bridgehead atoms. The zero-order valence-electron chi connectivity index (χ0n) is 9.52. The van der Waals surface area contributed by atoms with E-state index in [1.165, 1.54) is 31.2 Å². The lowest BCUT2D eigenvalue weighted by Crippen LogP contribution is -1.88. The molecule has 0 amide bonds. The third-order valence-corrected chi connectivity index (χ3v) is 3.24. The van der Waals surface area contributed by atoms with E-state index >= 15 is 0 Å². The molecule has 1 N–H and O–H groups in total. The second kappa shape index (κ2) is 6.16. The van der Waals surface area contributed by atoms with E-state index in [-0.39, 0.29) is 0 Å². The molecule has 1 aromatic carbocycles. The molecule has 84 valence electrons. The average Bonchev–Trinajstić information content (AvgIpc) is 2.21. The molecule has 1 nitrogen and oxygen atoms in total. The van der Waals surface area contributed by atoms with Gasteiger partial charge in [0.25, 0.3) is 0 Å². The molecule has 0 aromatic heterocycles. The van der Waals surface area contributed by atoms with Crippen LogP contribution in [-0.4, -0.2) is 5.11 Å². The number of unbranched alkanes of at least 4 members (excludes halogenated alkanes) is 3. The summed E-state index contributed by atoms with van der Waals surface area (Å²) in [5, 5.41) is 9.59. The number of hydrogen-bond donors (Lipinski definition) is 1. The first-order valence-corrected chi connectivity index (χ1v) is 6.42. The molecule has 2 heteroatoms. The maximum atomic E-state index is 9.59. The lowest BCUT2D eigenvalue weighted by atomic mass is 10.0. The second-order valence-corrected chi connectivity index (χ2v) is 4.91. The number of phenols is 1. The van der Waals surface area contributed by atoms with Gasteiger partial charge in [-0.05, 0) is 52.9 Å². The van der Waals surface area contributed by atoms with Gasteiger partial charge in [0.05, 0.1) is 4.47 Å². The Morgan fingerprint density at radius 3 is 2.53 bits per heavy atom. The van der Waals surface area contributed by atoms with Gasteiger partial charge in [-0.25, -0.2) is 0 Å². The van der Waals surface area contributed by atoms with Gasteiger partial charge in [0.2, 0.25) is 0 Å². The predicted octanol–water partition coefficient (Wildman–Crippen LogP) is 4.59. The number of aryl methyl sites for hydroxylation is 2. The van der Waals surface area contributed by atoms with E-state index < -0.39 is 0 Å². The molecule has 0 saturated heterocycles. The summed E-state index contributed by atoms with van der Waals surface area (Å²) in [5.74, 6) is 0.368. The van der Waals surface area contributed by atoms with Crippen LogP contribution in [0.4, 0.5) is 0 Å². The van der Waals surface area contributed by atoms with E-state index in [1.54, 1.807) is 0 Å². The monoisotopic (exact) mass is 270 g/mol. The summed E-state index contributed by atoms with van der Waals surface area (Å²) >= 11 is 3.37. The fraction of sp³-hybridized carbons (Fsp3) is 0.538. The molecular weight excluding hydrogens is 252 g/mol. The standard InChI is InChI=1S/C13H19BrO/c1-3-4-5-6-7-11-8-10(2)13(15)12(14)9-11/h8-9,15H,3-7H2,1-2H3. The van der Waals surface area contributed by atoms with Crippen LogP contribution in [0.1, 0.15) is 43.7 Å². The van der Waals surface area contributed by atoms with Gasteiger partial charge in [0.15, 0.2) is 0 Å². The number of phenolic OH excluding ortho intramolecular Hbond substituents is 1. The van der Waals surface area contributed by atoms with Gasteiger partial charge in [-0.1, -0.05) is 32.3 Å². The summed E-state index contributed by atoms with van der Waals surface area (Å²) in [6, 6.07) is 4.10. The Bertz CT molecular complexity index is 297. The summed E-state index contributed by atoms with van der Waals surface area (Å²) in [6.45, 7) is 4.16. The van der Waals surface area contributed by atoms with Crippen LogP contribution in [0, 0.1) is 6.92 Å². The van der Waals surface area contributed by atoms with Crippen molar-refractivity contribution in [3.63, 3.8) is 0 Å². The molecule has 1 rings (SSSR count). The first kappa shape index (κ1) is 12.6. The van der Waals surface area contributed by atoms with Gasteiger partial charge in [-0.15, -0.1) is 0 Å². The molecule has 0 unspecified atom stereocenters. The zero-order chi connectivity index (χ0) is 11.3. The Morgan fingerprint density at radius 2 is 1.93 bits per heavy atom. The van der Waals surface area contributed by atoms with Crippen molar-refractivity contribution >= 4 is 15.9 Å². The van der Waals surface area contributed by atoms with Crippen LogP contribution in [0.3, 0.4) is 0 Å². The molecule has 0 saturated carbocycles. The number of rotatable bonds is 5. The molecule has 0 radical (unpaired) electrons. The Morgan fingerprint density at radius 1 is 1.20 bits per heavy atom. The third-order valence-electron chi connectivity index (χ3n) is 2.63. The highest BCUT2D eigenvalue weighted by atomic mass is 79.9. The van der Waals surface area contributed by atoms with Gasteiger partial charge in [-0.3, -0.25) is 0 Å². The van der Waals surface area contributed by atoms with Crippen molar-refractivity contribution in [1.29, 1.82) is 0 Å². The van der Waals surface area contributed by atoms with Gasteiger partial charge < -0.3 is 5.11 Å². The minimum Gasteiger partial charge on any atom is -0.506 e. The molecular formula is C13H19BrO. The van der Waals surface area contributed by atoms with E-state index in [4.69, 9.17) is 0 Å². The van der Waals surface area contributed by atoms with Gasteiger partial charge >= 0.3 is 0 Å². The van der Waals surface area contributed by atoms with Crippen LogP contribution in [0.25, 0.3) is 0 Å². The van der Waals surface area contributed by atoms with Crippen LogP contribution in [0.5, 0.6) is 5.75 Å². The molecule has 0 heterocycles. The van der Waals surface area contributed by atoms with Crippen LogP contribution in [0.2, 0.25) is 0 Å². The summed E-state index contributed by atoms with van der Waals surface area (Å²) in [6.07, 6.45) is 6.24. The molecule has 0 spiro atoms. The smallest absolute Gasteiger partial charge is 0.132 e. The van der Waals surface area contributed by atoms with E-state index in [1.807, 2.05) is 13.0 Å². The fourth-order valence-electron chi connectivity index (χ4n) is 1.71. The van der Waals surface area contributed by atoms with Crippen molar-refractivity contribution in [3.8, 4) is 5.75 Å². The Hall–Kier alpha value is -0.500. The third kappa shape index (κ3) is 3.86. The number of aromatic hydroxyl groups is 1. The predicted molar refractivity (Wildman–Crippen MR) is 68.4 cm³/mol. The highest BCUT2D eigenvalue weighted by molar-refractivity contribution is 9.10. The Balaban J connectivity index is 2.55. The second-order valence-electron chi connectivity index (χ2n) is 4.05. The lowest BCUT2D eigenvalue weighted by Gasteiger charge is -2.06. The van der Waals surface area contributed by atoms with Crippen LogP contribution < -0.4 is 0 Å². The van der Waals surface area contributed by atoms with Crippen LogP contribution in [-0.2, 0) is 6.42 Å². The molecule has 0 atom stereocenters.